The van der Waals surface area contributed by atoms with Gasteiger partial charge in [0.15, 0.2) is 0 Å². The number of benzene rings is 1. The highest BCUT2D eigenvalue weighted by molar-refractivity contribution is 7.47. The number of rotatable bonds is 11. The molecule has 1 rings (SSSR count). The fourth-order valence-electron chi connectivity index (χ4n) is 1.43. The van der Waals surface area contributed by atoms with Gasteiger partial charge in [0.25, 0.3) is 0 Å². The highest BCUT2D eigenvalue weighted by Gasteiger charge is 2.18. The van der Waals surface area contributed by atoms with Crippen molar-refractivity contribution in [2.45, 2.75) is 6.61 Å². The van der Waals surface area contributed by atoms with Gasteiger partial charge >= 0.3 is 7.82 Å². The van der Waals surface area contributed by atoms with Crippen molar-refractivity contribution in [1.29, 1.82) is 0 Å². The highest BCUT2D eigenvalue weighted by Crippen LogP contribution is 2.42. The lowest BCUT2D eigenvalue weighted by Gasteiger charge is -2.11. The summed E-state index contributed by atoms with van der Waals surface area (Å²) in [6, 6.07) is 7.09. The Labute approximate surface area is 124 Å². The minimum atomic E-state index is -3.96. The first-order valence-electron chi connectivity index (χ1n) is 6.54. The zero-order chi connectivity index (χ0) is 15.6. The van der Waals surface area contributed by atoms with Crippen molar-refractivity contribution in [1.82, 2.24) is 5.32 Å². The van der Waals surface area contributed by atoms with Crippen LogP contribution in [-0.2, 0) is 25.0 Å². The number of phosphoric ester groups is 1. The average molecular weight is 319 g/mol. The lowest BCUT2D eigenvalue weighted by Crippen LogP contribution is -2.16. The molecule has 0 bridgehead atoms. The molecule has 0 spiro atoms. The molecule has 0 saturated heterocycles. The van der Waals surface area contributed by atoms with Gasteiger partial charge in [0.2, 0.25) is 0 Å². The summed E-state index contributed by atoms with van der Waals surface area (Å²) in [7, 11) is -0.975. The zero-order valence-electron chi connectivity index (χ0n) is 12.3. The molecular formula is C13H22NO6P. The smallest absolute Gasteiger partial charge is 0.472 e. The fraction of sp³-hybridized carbons (Fsp3) is 0.538. The summed E-state index contributed by atoms with van der Waals surface area (Å²) in [6.07, 6.45) is 0. The SMILES string of the molecule is CNCCOCCOc1cccc(COP(=O)(O)OC)c1. The summed E-state index contributed by atoms with van der Waals surface area (Å²) in [6.45, 7) is 2.34. The summed E-state index contributed by atoms with van der Waals surface area (Å²) in [4.78, 5) is 9.16. The number of hydrogen-bond donors (Lipinski definition) is 2. The minimum absolute atomic E-state index is 0.0303. The van der Waals surface area contributed by atoms with Crippen molar-refractivity contribution in [3.05, 3.63) is 29.8 Å². The number of ether oxygens (including phenoxy) is 2. The van der Waals surface area contributed by atoms with Gasteiger partial charge in [-0.1, -0.05) is 12.1 Å². The highest BCUT2D eigenvalue weighted by atomic mass is 31.2. The van der Waals surface area contributed by atoms with Gasteiger partial charge in [-0.05, 0) is 24.7 Å². The molecule has 0 heterocycles. The molecule has 0 radical (unpaired) electrons. The van der Waals surface area contributed by atoms with Crippen molar-refractivity contribution in [3.8, 4) is 5.75 Å². The van der Waals surface area contributed by atoms with Gasteiger partial charge in [0.05, 0.1) is 19.8 Å². The minimum Gasteiger partial charge on any atom is -0.491 e. The summed E-state index contributed by atoms with van der Waals surface area (Å²) >= 11 is 0. The Kier molecular flexibility index (Phi) is 8.52. The molecule has 1 atom stereocenters. The van der Waals surface area contributed by atoms with Crippen LogP contribution < -0.4 is 10.1 Å². The van der Waals surface area contributed by atoms with Crippen molar-refractivity contribution in [3.63, 3.8) is 0 Å². The van der Waals surface area contributed by atoms with Crippen LogP contribution in [0.2, 0.25) is 0 Å². The maximum absolute atomic E-state index is 11.2. The van der Waals surface area contributed by atoms with E-state index in [-0.39, 0.29) is 6.61 Å². The van der Waals surface area contributed by atoms with E-state index in [1.807, 2.05) is 7.05 Å². The molecule has 7 nitrogen and oxygen atoms in total. The molecule has 1 aromatic rings. The van der Waals surface area contributed by atoms with Gasteiger partial charge in [0.1, 0.15) is 12.4 Å². The molecule has 0 amide bonds. The Balaban J connectivity index is 2.33. The van der Waals surface area contributed by atoms with Gasteiger partial charge in [-0.15, -0.1) is 0 Å². The fourth-order valence-corrected chi connectivity index (χ4v) is 1.85. The quantitative estimate of drug-likeness (QED) is 0.473. The molecule has 0 aromatic heterocycles. The lowest BCUT2D eigenvalue weighted by atomic mass is 10.2. The first-order valence-corrected chi connectivity index (χ1v) is 8.04. The first-order chi connectivity index (χ1) is 10.1. The maximum Gasteiger partial charge on any atom is 0.472 e. The Morgan fingerprint density at radius 1 is 1.29 bits per heavy atom. The van der Waals surface area contributed by atoms with Crippen LogP contribution in [0.15, 0.2) is 24.3 Å². The van der Waals surface area contributed by atoms with E-state index >= 15 is 0 Å². The molecule has 0 aliphatic rings. The summed E-state index contributed by atoms with van der Waals surface area (Å²) < 4.78 is 31.2. The van der Waals surface area contributed by atoms with E-state index < -0.39 is 7.82 Å². The van der Waals surface area contributed by atoms with Gasteiger partial charge in [-0.25, -0.2) is 4.57 Å². The Morgan fingerprint density at radius 3 is 2.81 bits per heavy atom. The first kappa shape index (κ1) is 18.1. The molecule has 21 heavy (non-hydrogen) atoms. The second-order valence-electron chi connectivity index (χ2n) is 4.14. The van der Waals surface area contributed by atoms with Crippen molar-refractivity contribution in [2.75, 3.05) is 40.5 Å². The normalized spacial score (nSPS) is 13.9. The average Bonchev–Trinajstić information content (AvgIpc) is 2.49. The third-order valence-electron chi connectivity index (χ3n) is 2.52. The van der Waals surface area contributed by atoms with Crippen molar-refractivity contribution in [2.24, 2.45) is 0 Å². The molecule has 8 heteroatoms. The van der Waals surface area contributed by atoms with Gasteiger partial charge in [0, 0.05) is 13.7 Å². The summed E-state index contributed by atoms with van der Waals surface area (Å²) in [5.41, 5.74) is 0.718. The molecular weight excluding hydrogens is 297 g/mol. The van der Waals surface area contributed by atoms with E-state index in [4.69, 9.17) is 18.9 Å². The molecule has 0 aliphatic carbocycles. The predicted molar refractivity (Wildman–Crippen MR) is 78.3 cm³/mol. The molecule has 2 N–H and O–H groups in total. The van der Waals surface area contributed by atoms with Gasteiger partial charge in [-0.2, -0.15) is 0 Å². The zero-order valence-corrected chi connectivity index (χ0v) is 13.2. The van der Waals surface area contributed by atoms with Crippen LogP contribution in [-0.4, -0.2) is 45.4 Å². The number of phosphoric acid groups is 1. The molecule has 120 valence electrons. The standard InChI is InChI=1S/C13H22NO6P/c1-14-6-7-18-8-9-19-13-5-3-4-12(10-13)11-20-21(15,16)17-2/h3-5,10,14H,6-9,11H2,1-2H3,(H,15,16). The van der Waals surface area contributed by atoms with Gasteiger partial charge < -0.3 is 19.7 Å². The largest absolute Gasteiger partial charge is 0.491 e. The molecule has 0 aliphatic heterocycles. The van der Waals surface area contributed by atoms with E-state index in [0.717, 1.165) is 19.2 Å². The molecule has 0 fully saturated rings. The van der Waals surface area contributed by atoms with E-state index in [1.54, 1.807) is 24.3 Å². The van der Waals surface area contributed by atoms with Crippen LogP contribution in [0.25, 0.3) is 0 Å². The Hall–Kier alpha value is -0.950. The Morgan fingerprint density at radius 2 is 2.10 bits per heavy atom. The van der Waals surface area contributed by atoms with Gasteiger partial charge in [-0.3, -0.25) is 9.05 Å². The van der Waals surface area contributed by atoms with E-state index in [9.17, 15) is 4.57 Å². The molecule has 1 unspecified atom stereocenters. The monoisotopic (exact) mass is 319 g/mol. The topological polar surface area (TPSA) is 86.2 Å². The van der Waals surface area contributed by atoms with Crippen molar-refractivity contribution >= 4 is 7.82 Å². The Bertz CT molecular complexity index is 456. The third-order valence-corrected chi connectivity index (χ3v) is 3.43. The van der Waals surface area contributed by atoms with E-state index in [2.05, 4.69) is 9.84 Å². The summed E-state index contributed by atoms with van der Waals surface area (Å²) in [5, 5.41) is 2.98. The lowest BCUT2D eigenvalue weighted by molar-refractivity contribution is 0.103. The molecule has 1 aromatic carbocycles. The number of hydrogen-bond acceptors (Lipinski definition) is 6. The summed E-state index contributed by atoms with van der Waals surface area (Å²) in [5.74, 6) is 0.651. The van der Waals surface area contributed by atoms with Crippen LogP contribution in [0, 0.1) is 0 Å². The van der Waals surface area contributed by atoms with Crippen LogP contribution >= 0.6 is 7.82 Å². The second-order valence-corrected chi connectivity index (χ2v) is 5.70. The maximum atomic E-state index is 11.2. The van der Waals surface area contributed by atoms with Crippen LogP contribution in [0.4, 0.5) is 0 Å². The third kappa shape index (κ3) is 8.16. The van der Waals surface area contributed by atoms with Crippen molar-refractivity contribution < 1.29 is 28.0 Å². The molecule has 0 saturated carbocycles. The number of likely N-dealkylation sites (N-methyl/N-ethyl adjacent to an activating group) is 1. The second kappa shape index (κ2) is 9.89. The number of nitrogens with one attached hydrogen (secondary N) is 1. The predicted octanol–water partition coefficient (Wildman–Crippen LogP) is 1.56. The van der Waals surface area contributed by atoms with Crippen LogP contribution in [0.1, 0.15) is 5.56 Å². The van der Waals surface area contributed by atoms with E-state index in [0.29, 0.717) is 25.6 Å². The van der Waals surface area contributed by atoms with Crippen LogP contribution in [0.5, 0.6) is 5.75 Å². The van der Waals surface area contributed by atoms with Crippen LogP contribution in [0.3, 0.4) is 0 Å². The van der Waals surface area contributed by atoms with E-state index in [1.165, 1.54) is 0 Å².